The Hall–Kier alpha value is -3.11. The van der Waals surface area contributed by atoms with Gasteiger partial charge in [-0.15, -0.1) is 0 Å². The van der Waals surface area contributed by atoms with Crippen LogP contribution in [0.3, 0.4) is 0 Å². The van der Waals surface area contributed by atoms with E-state index in [1.165, 1.54) is 25.2 Å². The van der Waals surface area contributed by atoms with Crippen molar-refractivity contribution in [1.29, 1.82) is 0 Å². The molecule has 7 nitrogen and oxygen atoms in total. The van der Waals surface area contributed by atoms with Gasteiger partial charge in [0, 0.05) is 32.1 Å². The normalized spacial score (nSPS) is 12.9. The summed E-state index contributed by atoms with van der Waals surface area (Å²) in [5.41, 5.74) is 3.01. The number of aryl methyl sites for hydroxylation is 2. The van der Waals surface area contributed by atoms with E-state index in [2.05, 4.69) is 5.32 Å². The van der Waals surface area contributed by atoms with Gasteiger partial charge in [0.2, 0.25) is 10.0 Å². The maximum absolute atomic E-state index is 13.4. The lowest BCUT2D eigenvalue weighted by Gasteiger charge is -2.29. The number of aliphatic carboxylic acids is 1. The molecule has 0 radical (unpaired) electrons. The topological polar surface area (TPSA) is 107 Å². The molecule has 0 aliphatic carbocycles. The molecular formula is C31H39FN2O5S. The zero-order valence-electron chi connectivity index (χ0n) is 23.3. The lowest BCUT2D eigenvalue weighted by atomic mass is 9.95. The lowest BCUT2D eigenvalue weighted by molar-refractivity contribution is -0.136. The predicted molar refractivity (Wildman–Crippen MR) is 155 cm³/mol. The van der Waals surface area contributed by atoms with Crippen molar-refractivity contribution in [2.45, 2.75) is 62.5 Å². The molecule has 3 rings (SSSR count). The first kappa shape index (κ1) is 31.4. The first-order chi connectivity index (χ1) is 18.9. The highest BCUT2D eigenvalue weighted by molar-refractivity contribution is 7.89. The Morgan fingerprint density at radius 1 is 0.975 bits per heavy atom. The van der Waals surface area contributed by atoms with E-state index >= 15 is 0 Å². The second kappa shape index (κ2) is 14.0. The first-order valence-electron chi connectivity index (χ1n) is 13.4. The van der Waals surface area contributed by atoms with Gasteiger partial charge in [-0.05, 0) is 86.1 Å². The van der Waals surface area contributed by atoms with E-state index in [1.807, 2.05) is 50.2 Å². The Bertz CT molecular complexity index is 1390. The van der Waals surface area contributed by atoms with Gasteiger partial charge in [-0.1, -0.05) is 48.5 Å². The van der Waals surface area contributed by atoms with Crippen molar-refractivity contribution in [2.24, 2.45) is 0 Å². The average Bonchev–Trinajstić information content (AvgIpc) is 2.91. The monoisotopic (exact) mass is 570 g/mol. The van der Waals surface area contributed by atoms with Crippen molar-refractivity contribution >= 4 is 16.0 Å². The summed E-state index contributed by atoms with van der Waals surface area (Å²) in [6.45, 7) is 4.18. The fourth-order valence-corrected chi connectivity index (χ4v) is 5.80. The minimum atomic E-state index is -3.86. The summed E-state index contributed by atoms with van der Waals surface area (Å²) in [5, 5.41) is 22.9. The van der Waals surface area contributed by atoms with Crippen molar-refractivity contribution in [1.82, 2.24) is 9.62 Å². The van der Waals surface area contributed by atoms with E-state index in [-0.39, 0.29) is 35.8 Å². The van der Waals surface area contributed by atoms with Crippen LogP contribution in [0.15, 0.2) is 77.7 Å². The number of rotatable bonds is 15. The molecule has 216 valence electrons. The second-order valence-corrected chi connectivity index (χ2v) is 12.9. The first-order valence-corrected chi connectivity index (χ1v) is 14.8. The third kappa shape index (κ3) is 9.52. The average molecular weight is 571 g/mol. The second-order valence-electron chi connectivity index (χ2n) is 10.8. The summed E-state index contributed by atoms with van der Waals surface area (Å²) in [7, 11) is -2.41. The van der Waals surface area contributed by atoms with Gasteiger partial charge in [0.15, 0.2) is 0 Å². The molecule has 1 atom stereocenters. The quantitative estimate of drug-likeness (QED) is 0.240. The number of hydrogen-bond acceptors (Lipinski definition) is 5. The highest BCUT2D eigenvalue weighted by atomic mass is 32.2. The number of nitrogens with zero attached hydrogens (tertiary/aromatic N) is 1. The molecule has 0 heterocycles. The van der Waals surface area contributed by atoms with Crippen LogP contribution in [-0.2, 0) is 27.7 Å². The molecule has 9 heteroatoms. The number of carbonyl (C=O) groups is 1. The number of halogens is 1. The molecular weight excluding hydrogens is 531 g/mol. The largest absolute Gasteiger partial charge is 0.481 e. The van der Waals surface area contributed by atoms with Crippen molar-refractivity contribution in [3.05, 3.63) is 89.7 Å². The number of nitrogens with one attached hydrogen (secondary N) is 1. The summed E-state index contributed by atoms with van der Waals surface area (Å²) < 4.78 is 41.1. The summed E-state index contributed by atoms with van der Waals surface area (Å²) in [6.07, 6.45) is 1.88. The fourth-order valence-electron chi connectivity index (χ4n) is 4.54. The number of β-amino-alcohol motifs (C(OH)–C–C–N with tert-alkyl or cyclic N) is 1. The van der Waals surface area contributed by atoms with Crippen LogP contribution in [0.5, 0.6) is 0 Å². The highest BCUT2D eigenvalue weighted by Gasteiger charge is 2.25. The van der Waals surface area contributed by atoms with Gasteiger partial charge in [0.05, 0.1) is 11.0 Å². The van der Waals surface area contributed by atoms with Gasteiger partial charge in [0.25, 0.3) is 0 Å². The number of likely N-dealkylation sites (N-methyl/N-ethyl adjacent to an activating group) is 1. The Balaban J connectivity index is 1.56. The van der Waals surface area contributed by atoms with Crippen molar-refractivity contribution in [3.63, 3.8) is 0 Å². The maximum Gasteiger partial charge on any atom is 0.303 e. The summed E-state index contributed by atoms with van der Waals surface area (Å²) >= 11 is 0. The molecule has 3 aromatic carbocycles. The molecule has 0 saturated heterocycles. The van der Waals surface area contributed by atoms with E-state index in [4.69, 9.17) is 5.11 Å². The smallest absolute Gasteiger partial charge is 0.303 e. The fraction of sp³-hybridized carbons (Fsp3) is 0.387. The number of carboxylic acids is 1. The van der Waals surface area contributed by atoms with Gasteiger partial charge in [0.1, 0.15) is 5.82 Å². The van der Waals surface area contributed by atoms with E-state index in [1.54, 1.807) is 18.2 Å². The van der Waals surface area contributed by atoms with Gasteiger partial charge in [-0.2, -0.15) is 4.31 Å². The van der Waals surface area contributed by atoms with Gasteiger partial charge in [-0.25, -0.2) is 12.8 Å². The number of sulfonamides is 1. The third-order valence-corrected chi connectivity index (χ3v) is 8.69. The van der Waals surface area contributed by atoms with Crippen LogP contribution in [0.25, 0.3) is 11.1 Å². The number of aliphatic hydroxyl groups is 1. The maximum atomic E-state index is 13.4. The molecule has 3 aromatic rings. The van der Waals surface area contributed by atoms with Crippen LogP contribution in [0.4, 0.5) is 4.39 Å². The zero-order valence-corrected chi connectivity index (χ0v) is 24.1. The molecule has 0 fully saturated rings. The SMILES string of the molecule is CN(C[C@H](O)CNC(C)(C)CCCc1cccc(F)c1)S(=O)(=O)c1cccc(-c2cccc(CCC(=O)O)c2)c1. The van der Waals surface area contributed by atoms with Crippen molar-refractivity contribution in [2.75, 3.05) is 20.1 Å². The Kier molecular flexibility index (Phi) is 11.0. The Labute approximate surface area is 236 Å². The van der Waals surface area contributed by atoms with E-state index in [9.17, 15) is 22.7 Å². The van der Waals surface area contributed by atoms with E-state index in [0.717, 1.165) is 40.3 Å². The molecule has 0 saturated carbocycles. The van der Waals surface area contributed by atoms with E-state index < -0.39 is 22.1 Å². The highest BCUT2D eigenvalue weighted by Crippen LogP contribution is 2.25. The lowest BCUT2D eigenvalue weighted by Crippen LogP contribution is -2.46. The summed E-state index contributed by atoms with van der Waals surface area (Å²) in [4.78, 5) is 11.0. The van der Waals surface area contributed by atoms with Crippen LogP contribution in [0.1, 0.15) is 44.2 Å². The van der Waals surface area contributed by atoms with Crippen LogP contribution in [0, 0.1) is 5.82 Å². The van der Waals surface area contributed by atoms with Gasteiger partial charge >= 0.3 is 5.97 Å². The Morgan fingerprint density at radius 3 is 2.27 bits per heavy atom. The number of benzene rings is 3. The molecule has 0 aliphatic heterocycles. The number of aliphatic hydroxyl groups excluding tert-OH is 1. The molecule has 40 heavy (non-hydrogen) atoms. The van der Waals surface area contributed by atoms with Crippen LogP contribution < -0.4 is 5.32 Å². The molecule has 0 spiro atoms. The molecule has 0 amide bonds. The predicted octanol–water partition coefficient (Wildman–Crippen LogP) is 4.88. The standard InChI is InChI=1S/C31H39FN2O5S/c1-31(2,17-7-10-23-9-5-13-27(32)19-23)33-21-28(35)22-34(3)40(38,39)29-14-6-12-26(20-29)25-11-4-8-24(18-25)15-16-30(36)37/h4-6,8-9,11-14,18-20,28,33,35H,7,10,15-17,21-22H2,1-3H3,(H,36,37)/t28-/m1/s1. The molecule has 3 N–H and O–H groups in total. The van der Waals surface area contributed by atoms with Crippen LogP contribution in [0.2, 0.25) is 0 Å². The molecule has 0 aliphatic rings. The number of carboxylic acid groups (broad SMARTS) is 1. The molecule has 0 aromatic heterocycles. The minimum Gasteiger partial charge on any atom is -0.481 e. The van der Waals surface area contributed by atoms with E-state index in [0.29, 0.717) is 12.0 Å². The summed E-state index contributed by atoms with van der Waals surface area (Å²) in [5.74, 6) is -1.12. The molecule has 0 bridgehead atoms. The minimum absolute atomic E-state index is 0.0198. The molecule has 0 unspecified atom stereocenters. The number of hydrogen-bond donors (Lipinski definition) is 3. The van der Waals surface area contributed by atoms with Crippen LogP contribution >= 0.6 is 0 Å². The van der Waals surface area contributed by atoms with Gasteiger partial charge in [-0.3, -0.25) is 4.79 Å². The zero-order chi connectivity index (χ0) is 29.3. The van der Waals surface area contributed by atoms with Crippen molar-refractivity contribution < 1.29 is 27.8 Å². The Morgan fingerprint density at radius 2 is 1.60 bits per heavy atom. The van der Waals surface area contributed by atoms with Crippen LogP contribution in [-0.4, -0.2) is 60.7 Å². The summed E-state index contributed by atoms with van der Waals surface area (Å²) in [6, 6.07) is 20.6. The third-order valence-electron chi connectivity index (χ3n) is 6.87. The van der Waals surface area contributed by atoms with Crippen molar-refractivity contribution in [3.8, 4) is 11.1 Å². The van der Waals surface area contributed by atoms with Gasteiger partial charge < -0.3 is 15.5 Å².